The van der Waals surface area contributed by atoms with Gasteiger partial charge >= 0.3 is 0 Å². The van der Waals surface area contributed by atoms with Gasteiger partial charge in [-0.05, 0) is 37.0 Å². The second-order valence-corrected chi connectivity index (χ2v) is 4.69. The average molecular weight is 238 g/mol. The summed E-state index contributed by atoms with van der Waals surface area (Å²) in [6, 6.07) is 4.03. The van der Waals surface area contributed by atoms with Gasteiger partial charge < -0.3 is 11.1 Å². The SMILES string of the molecule is Cc1ccc(NC(=O)[C@@H](N)CC(C)C)cc1F. The second kappa shape index (κ2) is 5.77. The molecule has 0 aliphatic carbocycles. The predicted molar refractivity (Wildman–Crippen MR) is 67.2 cm³/mol. The number of rotatable bonds is 4. The molecular weight excluding hydrogens is 219 g/mol. The van der Waals surface area contributed by atoms with Gasteiger partial charge in [-0.15, -0.1) is 0 Å². The van der Waals surface area contributed by atoms with Crippen LogP contribution in [0.4, 0.5) is 10.1 Å². The highest BCUT2D eigenvalue weighted by Crippen LogP contribution is 2.14. The molecule has 1 atom stereocenters. The Hall–Kier alpha value is -1.42. The summed E-state index contributed by atoms with van der Waals surface area (Å²) in [5.41, 5.74) is 6.72. The number of benzene rings is 1. The first kappa shape index (κ1) is 13.6. The molecule has 0 radical (unpaired) electrons. The first-order chi connectivity index (χ1) is 7.90. The van der Waals surface area contributed by atoms with Crippen molar-refractivity contribution in [3.8, 4) is 0 Å². The van der Waals surface area contributed by atoms with Gasteiger partial charge in [0, 0.05) is 5.69 Å². The summed E-state index contributed by atoms with van der Waals surface area (Å²) >= 11 is 0. The largest absolute Gasteiger partial charge is 0.325 e. The monoisotopic (exact) mass is 238 g/mol. The summed E-state index contributed by atoms with van der Waals surface area (Å²) in [5, 5.41) is 2.61. The Labute approximate surface area is 101 Å². The first-order valence-corrected chi connectivity index (χ1v) is 5.72. The average Bonchev–Trinajstić information content (AvgIpc) is 2.22. The summed E-state index contributed by atoms with van der Waals surface area (Å²) in [4.78, 5) is 11.7. The van der Waals surface area contributed by atoms with Gasteiger partial charge in [0.25, 0.3) is 0 Å². The Bertz CT molecular complexity index is 404. The van der Waals surface area contributed by atoms with Crippen LogP contribution in [0, 0.1) is 18.7 Å². The summed E-state index contributed by atoms with van der Waals surface area (Å²) < 4.78 is 13.3. The number of aryl methyl sites for hydroxylation is 1. The number of hydrogen-bond donors (Lipinski definition) is 2. The molecule has 0 bridgehead atoms. The van der Waals surface area contributed by atoms with Crippen LogP contribution >= 0.6 is 0 Å². The fraction of sp³-hybridized carbons (Fsp3) is 0.462. The molecule has 0 heterocycles. The van der Waals surface area contributed by atoms with Gasteiger partial charge in [0.05, 0.1) is 6.04 Å². The Balaban J connectivity index is 2.64. The fourth-order valence-electron chi connectivity index (χ4n) is 1.52. The molecule has 4 heteroatoms. The van der Waals surface area contributed by atoms with Crippen molar-refractivity contribution >= 4 is 11.6 Å². The molecule has 0 aliphatic rings. The molecule has 17 heavy (non-hydrogen) atoms. The number of carbonyl (C=O) groups excluding carboxylic acids is 1. The predicted octanol–water partition coefficient (Wildman–Crippen LogP) is 2.45. The quantitative estimate of drug-likeness (QED) is 0.846. The number of amides is 1. The van der Waals surface area contributed by atoms with Crippen molar-refractivity contribution in [2.45, 2.75) is 33.2 Å². The van der Waals surface area contributed by atoms with E-state index in [-0.39, 0.29) is 11.7 Å². The van der Waals surface area contributed by atoms with E-state index in [1.165, 1.54) is 6.07 Å². The lowest BCUT2D eigenvalue weighted by Crippen LogP contribution is -2.36. The van der Waals surface area contributed by atoms with E-state index in [2.05, 4.69) is 5.32 Å². The van der Waals surface area contributed by atoms with E-state index in [9.17, 15) is 9.18 Å². The Morgan fingerprint density at radius 3 is 2.65 bits per heavy atom. The van der Waals surface area contributed by atoms with Gasteiger partial charge in [-0.3, -0.25) is 4.79 Å². The van der Waals surface area contributed by atoms with Crippen molar-refractivity contribution in [1.82, 2.24) is 0 Å². The molecule has 0 aromatic heterocycles. The highest BCUT2D eigenvalue weighted by molar-refractivity contribution is 5.94. The smallest absolute Gasteiger partial charge is 0.241 e. The van der Waals surface area contributed by atoms with Gasteiger partial charge in [0.2, 0.25) is 5.91 Å². The van der Waals surface area contributed by atoms with Crippen molar-refractivity contribution in [2.24, 2.45) is 11.7 Å². The van der Waals surface area contributed by atoms with Crippen LogP contribution in [0.3, 0.4) is 0 Å². The molecule has 0 saturated heterocycles. The molecule has 1 rings (SSSR count). The van der Waals surface area contributed by atoms with E-state index in [1.54, 1.807) is 19.1 Å². The van der Waals surface area contributed by atoms with Crippen LogP contribution in [0.15, 0.2) is 18.2 Å². The molecule has 0 fully saturated rings. The molecule has 1 amide bonds. The summed E-state index contributed by atoms with van der Waals surface area (Å²) in [7, 11) is 0. The zero-order chi connectivity index (χ0) is 13.0. The lowest BCUT2D eigenvalue weighted by Gasteiger charge is -2.14. The van der Waals surface area contributed by atoms with Gasteiger partial charge in [-0.2, -0.15) is 0 Å². The maximum absolute atomic E-state index is 13.3. The number of halogens is 1. The normalized spacial score (nSPS) is 12.6. The van der Waals surface area contributed by atoms with Crippen molar-refractivity contribution in [3.63, 3.8) is 0 Å². The van der Waals surface area contributed by atoms with Crippen LogP contribution in [0.25, 0.3) is 0 Å². The zero-order valence-corrected chi connectivity index (χ0v) is 10.5. The van der Waals surface area contributed by atoms with E-state index in [1.807, 2.05) is 13.8 Å². The number of anilines is 1. The Kier molecular flexibility index (Phi) is 4.63. The minimum Gasteiger partial charge on any atom is -0.325 e. The molecule has 3 nitrogen and oxygen atoms in total. The number of carbonyl (C=O) groups is 1. The minimum atomic E-state index is -0.556. The number of nitrogens with one attached hydrogen (secondary N) is 1. The van der Waals surface area contributed by atoms with Gasteiger partial charge in [0.1, 0.15) is 5.82 Å². The molecule has 1 aromatic carbocycles. The molecule has 0 saturated carbocycles. The molecule has 1 aromatic rings. The molecule has 0 aliphatic heterocycles. The maximum Gasteiger partial charge on any atom is 0.241 e. The topological polar surface area (TPSA) is 55.1 Å². The van der Waals surface area contributed by atoms with Crippen LogP contribution < -0.4 is 11.1 Å². The van der Waals surface area contributed by atoms with E-state index < -0.39 is 6.04 Å². The molecule has 0 unspecified atom stereocenters. The van der Waals surface area contributed by atoms with Crippen LogP contribution in [0.1, 0.15) is 25.8 Å². The van der Waals surface area contributed by atoms with E-state index in [0.717, 1.165) is 0 Å². The third-order valence-electron chi connectivity index (χ3n) is 2.50. The highest BCUT2D eigenvalue weighted by atomic mass is 19.1. The number of hydrogen-bond acceptors (Lipinski definition) is 2. The lowest BCUT2D eigenvalue weighted by molar-refractivity contribution is -0.117. The summed E-state index contributed by atoms with van der Waals surface area (Å²) in [5.74, 6) is -0.257. The second-order valence-electron chi connectivity index (χ2n) is 4.69. The van der Waals surface area contributed by atoms with Crippen LogP contribution in [0.2, 0.25) is 0 Å². The summed E-state index contributed by atoms with van der Waals surface area (Å²) in [6.07, 6.45) is 0.611. The number of nitrogens with two attached hydrogens (primary N) is 1. The maximum atomic E-state index is 13.3. The van der Waals surface area contributed by atoms with Gasteiger partial charge in [-0.25, -0.2) is 4.39 Å². The third kappa shape index (κ3) is 4.15. The van der Waals surface area contributed by atoms with E-state index in [4.69, 9.17) is 5.73 Å². The van der Waals surface area contributed by atoms with Crippen LogP contribution in [-0.4, -0.2) is 11.9 Å². The van der Waals surface area contributed by atoms with Crippen LogP contribution in [0.5, 0.6) is 0 Å². The van der Waals surface area contributed by atoms with Gasteiger partial charge in [-0.1, -0.05) is 19.9 Å². The Morgan fingerprint density at radius 1 is 1.47 bits per heavy atom. The van der Waals surface area contributed by atoms with Crippen molar-refractivity contribution < 1.29 is 9.18 Å². The van der Waals surface area contributed by atoms with E-state index in [0.29, 0.717) is 23.6 Å². The fourth-order valence-corrected chi connectivity index (χ4v) is 1.52. The van der Waals surface area contributed by atoms with Crippen molar-refractivity contribution in [1.29, 1.82) is 0 Å². The molecule has 94 valence electrons. The third-order valence-corrected chi connectivity index (χ3v) is 2.50. The Morgan fingerprint density at radius 2 is 2.12 bits per heavy atom. The van der Waals surface area contributed by atoms with Gasteiger partial charge in [0.15, 0.2) is 0 Å². The summed E-state index contributed by atoms with van der Waals surface area (Å²) in [6.45, 7) is 5.67. The zero-order valence-electron chi connectivity index (χ0n) is 10.5. The minimum absolute atomic E-state index is 0.276. The molecule has 0 spiro atoms. The molecular formula is C13H19FN2O. The first-order valence-electron chi connectivity index (χ1n) is 5.72. The van der Waals surface area contributed by atoms with Crippen LogP contribution in [-0.2, 0) is 4.79 Å². The highest BCUT2D eigenvalue weighted by Gasteiger charge is 2.15. The van der Waals surface area contributed by atoms with Crippen molar-refractivity contribution in [3.05, 3.63) is 29.6 Å². The van der Waals surface area contributed by atoms with Crippen molar-refractivity contribution in [2.75, 3.05) is 5.32 Å². The van der Waals surface area contributed by atoms with E-state index >= 15 is 0 Å². The standard InChI is InChI=1S/C13H19FN2O/c1-8(2)6-12(15)13(17)16-10-5-4-9(3)11(14)7-10/h4-5,7-8,12H,6,15H2,1-3H3,(H,16,17)/t12-/m0/s1. The lowest BCUT2D eigenvalue weighted by atomic mass is 10.0. The molecule has 3 N–H and O–H groups in total.